The molecule has 0 aromatic heterocycles. The second kappa shape index (κ2) is 7.31. The molecular formula is C18H32N2O2. The van der Waals surface area contributed by atoms with Crippen LogP contribution in [-0.4, -0.2) is 47.2 Å². The molecular weight excluding hydrogens is 276 g/mol. The van der Waals surface area contributed by atoms with Crippen molar-refractivity contribution in [3.63, 3.8) is 0 Å². The maximum Gasteiger partial charge on any atom is 0.307 e. The van der Waals surface area contributed by atoms with Crippen molar-refractivity contribution in [2.24, 2.45) is 11.8 Å². The third kappa shape index (κ3) is 4.02. The maximum atomic E-state index is 11.6. The van der Waals surface area contributed by atoms with Crippen LogP contribution < -0.4 is 5.32 Å². The zero-order valence-corrected chi connectivity index (χ0v) is 14.0. The fourth-order valence-corrected chi connectivity index (χ4v) is 4.68. The average Bonchev–Trinajstić information content (AvgIpc) is 3.34. The summed E-state index contributed by atoms with van der Waals surface area (Å²) in [5.41, 5.74) is 0. The van der Waals surface area contributed by atoms with Gasteiger partial charge in [0.25, 0.3) is 0 Å². The Labute approximate surface area is 134 Å². The molecule has 2 N–H and O–H groups in total. The molecule has 126 valence electrons. The van der Waals surface area contributed by atoms with E-state index in [0.29, 0.717) is 18.1 Å². The SMILES string of the molecule is CCC(C1CC1)N1CC(NC2CCCCC2)CC(C(=O)O)C1. The average molecular weight is 308 g/mol. The predicted molar refractivity (Wildman–Crippen MR) is 87.9 cm³/mol. The van der Waals surface area contributed by atoms with Gasteiger partial charge in [0.05, 0.1) is 5.92 Å². The van der Waals surface area contributed by atoms with E-state index < -0.39 is 5.97 Å². The van der Waals surface area contributed by atoms with Crippen LogP contribution in [0.3, 0.4) is 0 Å². The highest BCUT2D eigenvalue weighted by atomic mass is 16.4. The van der Waals surface area contributed by atoms with Gasteiger partial charge < -0.3 is 10.4 Å². The van der Waals surface area contributed by atoms with Gasteiger partial charge in [-0.15, -0.1) is 0 Å². The van der Waals surface area contributed by atoms with Gasteiger partial charge in [0.2, 0.25) is 0 Å². The number of aliphatic carboxylic acids is 1. The normalized spacial score (nSPS) is 32.8. The van der Waals surface area contributed by atoms with E-state index in [0.717, 1.165) is 31.8 Å². The van der Waals surface area contributed by atoms with Crippen LogP contribution in [-0.2, 0) is 4.79 Å². The van der Waals surface area contributed by atoms with E-state index >= 15 is 0 Å². The molecule has 3 aliphatic rings. The van der Waals surface area contributed by atoms with E-state index in [1.54, 1.807) is 0 Å². The number of carboxylic acids is 1. The molecule has 0 spiro atoms. The fourth-order valence-electron chi connectivity index (χ4n) is 4.68. The molecule has 3 unspecified atom stereocenters. The lowest BCUT2D eigenvalue weighted by atomic mass is 9.89. The highest BCUT2D eigenvalue weighted by Crippen LogP contribution is 2.38. The number of nitrogens with one attached hydrogen (secondary N) is 1. The molecule has 2 aliphatic carbocycles. The molecule has 0 aromatic rings. The first kappa shape index (κ1) is 16.3. The number of hydrogen-bond donors (Lipinski definition) is 2. The van der Waals surface area contributed by atoms with Crippen LogP contribution in [0.2, 0.25) is 0 Å². The molecule has 0 radical (unpaired) electrons. The molecule has 2 saturated carbocycles. The van der Waals surface area contributed by atoms with Gasteiger partial charge in [-0.3, -0.25) is 9.69 Å². The van der Waals surface area contributed by atoms with Crippen molar-refractivity contribution in [3.05, 3.63) is 0 Å². The topological polar surface area (TPSA) is 52.6 Å². The highest BCUT2D eigenvalue weighted by molar-refractivity contribution is 5.70. The molecule has 1 heterocycles. The summed E-state index contributed by atoms with van der Waals surface area (Å²) in [6.45, 7) is 4.07. The van der Waals surface area contributed by atoms with Crippen LogP contribution in [0.25, 0.3) is 0 Å². The van der Waals surface area contributed by atoms with E-state index in [2.05, 4.69) is 17.1 Å². The van der Waals surface area contributed by atoms with E-state index in [9.17, 15) is 9.90 Å². The number of hydrogen-bond acceptors (Lipinski definition) is 3. The van der Waals surface area contributed by atoms with Crippen LogP contribution in [0.1, 0.15) is 64.7 Å². The summed E-state index contributed by atoms with van der Waals surface area (Å²) in [6.07, 6.45) is 11.2. The Morgan fingerprint density at radius 3 is 2.45 bits per heavy atom. The predicted octanol–water partition coefficient (Wildman–Crippen LogP) is 2.87. The zero-order chi connectivity index (χ0) is 15.5. The minimum Gasteiger partial charge on any atom is -0.481 e. The lowest BCUT2D eigenvalue weighted by Gasteiger charge is -2.42. The first-order valence-electron chi connectivity index (χ1n) is 9.40. The number of nitrogens with zero attached hydrogens (tertiary/aromatic N) is 1. The summed E-state index contributed by atoms with van der Waals surface area (Å²) in [4.78, 5) is 14.1. The molecule has 3 rings (SSSR count). The lowest BCUT2D eigenvalue weighted by Crippen LogP contribution is -2.56. The van der Waals surface area contributed by atoms with Crippen molar-refractivity contribution in [1.82, 2.24) is 10.2 Å². The Kier molecular flexibility index (Phi) is 5.40. The molecule has 1 aliphatic heterocycles. The first-order chi connectivity index (χ1) is 10.7. The first-order valence-corrected chi connectivity index (χ1v) is 9.40. The highest BCUT2D eigenvalue weighted by Gasteiger charge is 2.40. The second-order valence-electron chi connectivity index (χ2n) is 7.74. The maximum absolute atomic E-state index is 11.6. The number of carbonyl (C=O) groups is 1. The molecule has 1 saturated heterocycles. The molecule has 3 fully saturated rings. The van der Waals surface area contributed by atoms with Gasteiger partial charge in [-0.05, 0) is 44.4 Å². The van der Waals surface area contributed by atoms with Crippen LogP contribution in [0.4, 0.5) is 0 Å². The van der Waals surface area contributed by atoms with Crippen molar-refractivity contribution in [1.29, 1.82) is 0 Å². The van der Waals surface area contributed by atoms with Gasteiger partial charge in [0, 0.05) is 31.2 Å². The Morgan fingerprint density at radius 2 is 1.86 bits per heavy atom. The van der Waals surface area contributed by atoms with Crippen LogP contribution in [0.15, 0.2) is 0 Å². The Balaban J connectivity index is 1.62. The van der Waals surface area contributed by atoms with E-state index in [-0.39, 0.29) is 5.92 Å². The van der Waals surface area contributed by atoms with Crippen molar-refractivity contribution >= 4 is 5.97 Å². The number of piperidine rings is 1. The van der Waals surface area contributed by atoms with E-state index in [1.165, 1.54) is 44.9 Å². The van der Waals surface area contributed by atoms with Crippen LogP contribution in [0.5, 0.6) is 0 Å². The third-order valence-electron chi connectivity index (χ3n) is 5.96. The van der Waals surface area contributed by atoms with Gasteiger partial charge in [-0.1, -0.05) is 26.2 Å². The lowest BCUT2D eigenvalue weighted by molar-refractivity contribution is -0.144. The molecule has 0 bridgehead atoms. The van der Waals surface area contributed by atoms with Gasteiger partial charge in [-0.2, -0.15) is 0 Å². The summed E-state index contributed by atoms with van der Waals surface area (Å²) in [5, 5.41) is 13.3. The summed E-state index contributed by atoms with van der Waals surface area (Å²) < 4.78 is 0. The van der Waals surface area contributed by atoms with Crippen molar-refractivity contribution in [2.45, 2.75) is 82.8 Å². The Morgan fingerprint density at radius 1 is 1.14 bits per heavy atom. The van der Waals surface area contributed by atoms with Crippen LogP contribution in [0, 0.1) is 11.8 Å². The minimum absolute atomic E-state index is 0.192. The monoisotopic (exact) mass is 308 g/mol. The quantitative estimate of drug-likeness (QED) is 0.792. The van der Waals surface area contributed by atoms with Gasteiger partial charge in [0.1, 0.15) is 0 Å². The van der Waals surface area contributed by atoms with Crippen molar-refractivity contribution in [3.8, 4) is 0 Å². The molecule has 4 heteroatoms. The summed E-state index contributed by atoms with van der Waals surface area (Å²) in [7, 11) is 0. The Hall–Kier alpha value is -0.610. The largest absolute Gasteiger partial charge is 0.481 e. The van der Waals surface area contributed by atoms with E-state index in [1.807, 2.05) is 0 Å². The molecule has 0 aromatic carbocycles. The van der Waals surface area contributed by atoms with Gasteiger partial charge in [-0.25, -0.2) is 0 Å². The summed E-state index contributed by atoms with van der Waals surface area (Å²) in [6, 6.07) is 1.60. The zero-order valence-electron chi connectivity index (χ0n) is 14.0. The van der Waals surface area contributed by atoms with Crippen molar-refractivity contribution < 1.29 is 9.90 Å². The van der Waals surface area contributed by atoms with Crippen molar-refractivity contribution in [2.75, 3.05) is 13.1 Å². The molecule has 22 heavy (non-hydrogen) atoms. The van der Waals surface area contributed by atoms with E-state index in [4.69, 9.17) is 0 Å². The summed E-state index contributed by atoms with van der Waals surface area (Å²) >= 11 is 0. The van der Waals surface area contributed by atoms with Gasteiger partial charge >= 0.3 is 5.97 Å². The molecule has 3 atom stereocenters. The molecule has 0 amide bonds. The number of carboxylic acid groups (broad SMARTS) is 1. The second-order valence-corrected chi connectivity index (χ2v) is 7.74. The standard InChI is InChI=1S/C18H32N2O2/c1-2-17(13-8-9-13)20-11-14(18(21)22)10-16(12-20)19-15-6-4-3-5-7-15/h13-17,19H,2-12H2,1H3,(H,21,22). The molecule has 4 nitrogen and oxygen atoms in total. The van der Waals surface area contributed by atoms with Gasteiger partial charge in [0.15, 0.2) is 0 Å². The minimum atomic E-state index is -0.606. The smallest absolute Gasteiger partial charge is 0.307 e. The Bertz CT molecular complexity index is 377. The summed E-state index contributed by atoms with van der Waals surface area (Å²) in [5.74, 6) is 0.0290. The third-order valence-corrected chi connectivity index (χ3v) is 5.96. The van der Waals surface area contributed by atoms with Crippen LogP contribution >= 0.6 is 0 Å². The number of likely N-dealkylation sites (tertiary alicyclic amines) is 1. The fraction of sp³-hybridized carbons (Fsp3) is 0.944. The number of rotatable bonds is 6.